The maximum Gasteiger partial charge on any atom is 0.338 e. The molecule has 94 valence electrons. The van der Waals surface area contributed by atoms with E-state index < -0.39 is 0 Å². The maximum atomic E-state index is 11.6. The highest BCUT2D eigenvalue weighted by molar-refractivity contribution is 9.10. The number of esters is 1. The van der Waals surface area contributed by atoms with Gasteiger partial charge in [-0.3, -0.25) is 0 Å². The molecule has 0 aliphatic heterocycles. The van der Waals surface area contributed by atoms with Crippen LogP contribution in [0.15, 0.2) is 47.5 Å². The Kier molecular flexibility index (Phi) is 4.52. The van der Waals surface area contributed by atoms with Crippen molar-refractivity contribution in [1.82, 2.24) is 9.55 Å². The Morgan fingerprint density at radius 1 is 1.33 bits per heavy atom. The first-order chi connectivity index (χ1) is 8.77. The third kappa shape index (κ3) is 3.43. The molecule has 4 nitrogen and oxygen atoms in total. The molecular weight excluding hydrogens is 296 g/mol. The number of hydrogen-bond donors (Lipinski definition) is 0. The summed E-state index contributed by atoms with van der Waals surface area (Å²) in [6, 6.07) is 9.00. The standard InChI is InChI=1S/C13H13BrN2O2/c14-12-9-15-10-16(12)7-4-8-18-13(17)11-5-2-1-3-6-11/h1-3,5-6,9-10H,4,7-8H2. The highest BCUT2D eigenvalue weighted by Crippen LogP contribution is 2.08. The number of halogens is 1. The van der Waals surface area contributed by atoms with Crippen molar-refractivity contribution >= 4 is 21.9 Å². The molecule has 1 aromatic heterocycles. The predicted octanol–water partition coefficient (Wildman–Crippen LogP) is 2.89. The van der Waals surface area contributed by atoms with Gasteiger partial charge in [-0.1, -0.05) is 18.2 Å². The van der Waals surface area contributed by atoms with Crippen LogP contribution in [0.4, 0.5) is 0 Å². The van der Waals surface area contributed by atoms with Crippen molar-refractivity contribution in [2.45, 2.75) is 13.0 Å². The third-order valence-electron chi connectivity index (χ3n) is 2.45. The zero-order valence-corrected chi connectivity index (χ0v) is 11.3. The first-order valence-corrected chi connectivity index (χ1v) is 6.44. The van der Waals surface area contributed by atoms with Gasteiger partial charge >= 0.3 is 5.97 Å². The average Bonchev–Trinajstić information content (AvgIpc) is 2.81. The van der Waals surface area contributed by atoms with Crippen LogP contribution >= 0.6 is 15.9 Å². The molecule has 2 rings (SSSR count). The van der Waals surface area contributed by atoms with Gasteiger partial charge in [0.1, 0.15) is 4.60 Å². The topological polar surface area (TPSA) is 44.1 Å². The molecule has 0 aliphatic rings. The van der Waals surface area contributed by atoms with E-state index in [1.807, 2.05) is 22.8 Å². The first kappa shape index (κ1) is 12.8. The van der Waals surface area contributed by atoms with Crippen LogP contribution in [0.2, 0.25) is 0 Å². The lowest BCUT2D eigenvalue weighted by Gasteiger charge is -2.06. The number of nitrogens with zero attached hydrogens (tertiary/aromatic N) is 2. The Morgan fingerprint density at radius 3 is 2.78 bits per heavy atom. The predicted molar refractivity (Wildman–Crippen MR) is 71.3 cm³/mol. The Morgan fingerprint density at radius 2 is 2.11 bits per heavy atom. The maximum absolute atomic E-state index is 11.6. The van der Waals surface area contributed by atoms with Gasteiger partial charge in [-0.15, -0.1) is 0 Å². The second-order valence-electron chi connectivity index (χ2n) is 3.77. The number of carbonyl (C=O) groups excluding carboxylic acids is 1. The lowest BCUT2D eigenvalue weighted by atomic mass is 10.2. The summed E-state index contributed by atoms with van der Waals surface area (Å²) in [6.07, 6.45) is 4.23. The second kappa shape index (κ2) is 6.35. The number of aromatic nitrogens is 2. The zero-order chi connectivity index (χ0) is 12.8. The molecule has 0 atom stereocenters. The van der Waals surface area contributed by atoms with Crippen LogP contribution in [0.3, 0.4) is 0 Å². The number of rotatable bonds is 5. The highest BCUT2D eigenvalue weighted by Gasteiger charge is 2.05. The average molecular weight is 309 g/mol. The monoisotopic (exact) mass is 308 g/mol. The first-order valence-electron chi connectivity index (χ1n) is 5.65. The van der Waals surface area contributed by atoms with Crippen LogP contribution in [0.1, 0.15) is 16.8 Å². The summed E-state index contributed by atoms with van der Waals surface area (Å²) in [6.45, 7) is 1.17. The third-order valence-corrected chi connectivity index (χ3v) is 3.11. The van der Waals surface area contributed by atoms with E-state index in [0.717, 1.165) is 17.6 Å². The van der Waals surface area contributed by atoms with Gasteiger partial charge in [-0.2, -0.15) is 0 Å². The van der Waals surface area contributed by atoms with Crippen LogP contribution in [0.25, 0.3) is 0 Å². The summed E-state index contributed by atoms with van der Waals surface area (Å²) < 4.78 is 8.06. The molecule has 0 saturated carbocycles. The lowest BCUT2D eigenvalue weighted by Crippen LogP contribution is -2.08. The van der Waals surface area contributed by atoms with E-state index in [1.54, 1.807) is 24.7 Å². The largest absolute Gasteiger partial charge is 0.462 e. The van der Waals surface area contributed by atoms with Crippen molar-refractivity contribution in [1.29, 1.82) is 0 Å². The van der Waals surface area contributed by atoms with Gasteiger partial charge in [0.05, 0.1) is 24.7 Å². The summed E-state index contributed by atoms with van der Waals surface area (Å²) in [5.74, 6) is -0.278. The molecule has 0 spiro atoms. The number of ether oxygens (including phenoxy) is 1. The smallest absolute Gasteiger partial charge is 0.338 e. The molecule has 1 heterocycles. The molecule has 0 unspecified atom stereocenters. The molecule has 0 radical (unpaired) electrons. The Hall–Kier alpha value is -1.62. The van der Waals surface area contributed by atoms with Crippen molar-refractivity contribution < 1.29 is 9.53 Å². The molecule has 18 heavy (non-hydrogen) atoms. The molecule has 0 amide bonds. The van der Waals surface area contributed by atoms with Gasteiger partial charge in [0.25, 0.3) is 0 Å². The van der Waals surface area contributed by atoms with Gasteiger partial charge in [0.15, 0.2) is 0 Å². The van der Waals surface area contributed by atoms with E-state index in [-0.39, 0.29) is 5.97 Å². The van der Waals surface area contributed by atoms with Crippen LogP contribution in [-0.2, 0) is 11.3 Å². The Labute approximate surface area is 114 Å². The summed E-state index contributed by atoms with van der Waals surface area (Å²) in [5, 5.41) is 0. The minimum atomic E-state index is -0.278. The number of imidazole rings is 1. The fourth-order valence-corrected chi connectivity index (χ4v) is 1.91. The van der Waals surface area contributed by atoms with Crippen LogP contribution in [0, 0.1) is 0 Å². The Bertz CT molecular complexity index is 511. The molecule has 0 N–H and O–H groups in total. The van der Waals surface area contributed by atoms with E-state index in [2.05, 4.69) is 20.9 Å². The molecule has 0 bridgehead atoms. The quantitative estimate of drug-likeness (QED) is 0.630. The normalized spacial score (nSPS) is 10.3. The van der Waals surface area contributed by atoms with Crippen molar-refractivity contribution in [2.75, 3.05) is 6.61 Å². The summed E-state index contributed by atoms with van der Waals surface area (Å²) in [4.78, 5) is 15.6. The number of benzene rings is 1. The van der Waals surface area contributed by atoms with Gasteiger partial charge in [0.2, 0.25) is 0 Å². The number of carbonyl (C=O) groups is 1. The minimum Gasteiger partial charge on any atom is -0.462 e. The van der Waals surface area contributed by atoms with E-state index >= 15 is 0 Å². The molecule has 0 aliphatic carbocycles. The van der Waals surface area contributed by atoms with Crippen molar-refractivity contribution in [3.8, 4) is 0 Å². The van der Waals surface area contributed by atoms with Crippen molar-refractivity contribution in [2.24, 2.45) is 0 Å². The van der Waals surface area contributed by atoms with E-state index in [0.29, 0.717) is 12.2 Å². The number of hydrogen-bond acceptors (Lipinski definition) is 3. The zero-order valence-electron chi connectivity index (χ0n) is 9.75. The fraction of sp³-hybridized carbons (Fsp3) is 0.231. The Balaban J connectivity index is 1.73. The van der Waals surface area contributed by atoms with Crippen LogP contribution < -0.4 is 0 Å². The molecule has 0 fully saturated rings. The van der Waals surface area contributed by atoms with Crippen molar-refractivity contribution in [3.63, 3.8) is 0 Å². The van der Waals surface area contributed by atoms with E-state index in [1.165, 1.54) is 0 Å². The van der Waals surface area contributed by atoms with Crippen LogP contribution in [-0.4, -0.2) is 22.1 Å². The summed E-state index contributed by atoms with van der Waals surface area (Å²) in [7, 11) is 0. The number of aryl methyl sites for hydroxylation is 1. The minimum absolute atomic E-state index is 0.278. The summed E-state index contributed by atoms with van der Waals surface area (Å²) >= 11 is 3.38. The van der Waals surface area contributed by atoms with Gasteiger partial charge in [-0.25, -0.2) is 9.78 Å². The lowest BCUT2D eigenvalue weighted by molar-refractivity contribution is 0.0496. The molecule has 5 heteroatoms. The van der Waals surface area contributed by atoms with Gasteiger partial charge < -0.3 is 9.30 Å². The van der Waals surface area contributed by atoms with E-state index in [9.17, 15) is 4.79 Å². The summed E-state index contributed by atoms with van der Waals surface area (Å²) in [5.41, 5.74) is 0.585. The van der Waals surface area contributed by atoms with Gasteiger partial charge in [0, 0.05) is 6.54 Å². The molecular formula is C13H13BrN2O2. The van der Waals surface area contributed by atoms with E-state index in [4.69, 9.17) is 4.74 Å². The highest BCUT2D eigenvalue weighted by atomic mass is 79.9. The van der Waals surface area contributed by atoms with Gasteiger partial charge in [-0.05, 0) is 34.5 Å². The SMILES string of the molecule is O=C(OCCCn1cncc1Br)c1ccccc1. The molecule has 2 aromatic rings. The molecule has 1 aromatic carbocycles. The second-order valence-corrected chi connectivity index (χ2v) is 4.58. The fourth-order valence-electron chi connectivity index (χ4n) is 1.53. The molecule has 0 saturated heterocycles. The van der Waals surface area contributed by atoms with Crippen molar-refractivity contribution in [3.05, 3.63) is 53.0 Å². The van der Waals surface area contributed by atoms with Crippen LogP contribution in [0.5, 0.6) is 0 Å².